The second kappa shape index (κ2) is 53.4. The van der Waals surface area contributed by atoms with Crippen molar-refractivity contribution >= 4 is 19.2 Å². The third-order valence-electron chi connectivity index (χ3n) is 2.84. The van der Waals surface area contributed by atoms with Crippen molar-refractivity contribution in [3.63, 3.8) is 0 Å². The SMILES string of the molecule is C=C=[C-]c1ccccc1.[C-]#[O+].[C-]#[O+].[C-]#[O+].[C-]#[O+].[C-]#[O+].[C-]#[O+].[Fe].[Fe].c1ccc(Pc2ccccc2)cc1. The van der Waals surface area contributed by atoms with E-state index >= 15 is 0 Å². The first-order chi connectivity index (χ1) is 16.9. The number of hydrogen-bond acceptors (Lipinski definition) is 0. The van der Waals surface area contributed by atoms with Crippen molar-refractivity contribution in [2.45, 2.75) is 0 Å². The molecule has 0 radical (unpaired) electrons. The Morgan fingerprint density at radius 1 is 0.500 bits per heavy atom. The molecule has 0 amide bonds. The number of rotatable bonds is 3. The van der Waals surface area contributed by atoms with Crippen LogP contribution in [0.25, 0.3) is 0 Å². The Morgan fingerprint density at radius 3 is 1.00 bits per heavy atom. The number of benzene rings is 3. The van der Waals surface area contributed by atoms with Crippen molar-refractivity contribution in [2.24, 2.45) is 0 Å². The van der Waals surface area contributed by atoms with E-state index in [2.05, 4.69) is 119 Å². The normalized spacial score (nSPS) is 5.89. The topological polar surface area (TPSA) is 119 Å². The van der Waals surface area contributed by atoms with Gasteiger partial charge in [0.05, 0.1) is 0 Å². The fourth-order valence-electron chi connectivity index (χ4n) is 1.83. The van der Waals surface area contributed by atoms with Gasteiger partial charge in [-0.2, -0.15) is 0 Å². The zero-order valence-electron chi connectivity index (χ0n) is 18.5. The zero-order valence-corrected chi connectivity index (χ0v) is 21.7. The Hall–Kier alpha value is -2.91. The van der Waals surface area contributed by atoms with E-state index in [1.807, 2.05) is 30.3 Å². The minimum absolute atomic E-state index is 0. The molecule has 0 aromatic heterocycles. The molecule has 0 unspecified atom stereocenters. The van der Waals surface area contributed by atoms with Crippen LogP contribution in [0.5, 0.6) is 0 Å². The monoisotopic (exact) mass is 581 g/mol. The van der Waals surface area contributed by atoms with Crippen LogP contribution in [0.2, 0.25) is 0 Å². The second-order valence-corrected chi connectivity index (χ2v) is 5.93. The fraction of sp³-hybridized carbons (Fsp3) is 0. The summed E-state index contributed by atoms with van der Waals surface area (Å²) >= 11 is 0. The summed E-state index contributed by atoms with van der Waals surface area (Å²) in [5, 5.41) is 2.79. The average Bonchev–Trinajstić information content (AvgIpc) is 2.98. The van der Waals surface area contributed by atoms with Crippen LogP contribution in [0.3, 0.4) is 0 Å². The van der Waals surface area contributed by atoms with Gasteiger partial charge in [-0.25, -0.2) is 5.73 Å². The van der Waals surface area contributed by atoms with E-state index in [-0.39, 0.29) is 34.1 Å². The van der Waals surface area contributed by atoms with Crippen LogP contribution < -0.4 is 10.6 Å². The van der Waals surface area contributed by atoms with Gasteiger partial charge < -0.3 is 0 Å². The van der Waals surface area contributed by atoms with Crippen LogP contribution in [0.1, 0.15) is 5.56 Å². The summed E-state index contributed by atoms with van der Waals surface area (Å²) in [6.07, 6.45) is 2.85. The van der Waals surface area contributed by atoms with Gasteiger partial charge in [0.2, 0.25) is 0 Å². The first kappa shape index (κ1) is 50.1. The Morgan fingerprint density at radius 2 is 0.750 bits per heavy atom. The Kier molecular flexibility index (Phi) is 74.3. The quantitative estimate of drug-likeness (QED) is 0.145. The molecule has 0 aliphatic rings. The molecular weight excluding hydrogens is 563 g/mol. The average molecular weight is 581 g/mol. The van der Waals surface area contributed by atoms with Gasteiger partial charge in [0.1, 0.15) is 0 Å². The van der Waals surface area contributed by atoms with Gasteiger partial charge in [-0.15, -0.1) is 36.4 Å². The van der Waals surface area contributed by atoms with E-state index in [1.165, 1.54) is 10.6 Å². The Balaban J connectivity index is -0.0000000649. The molecule has 184 valence electrons. The van der Waals surface area contributed by atoms with E-state index in [0.717, 1.165) is 14.1 Å². The molecule has 6 nitrogen and oxygen atoms in total. The predicted octanol–water partition coefficient (Wildman–Crippen LogP) is 4.26. The summed E-state index contributed by atoms with van der Waals surface area (Å²) in [6.45, 7) is 30.4. The van der Waals surface area contributed by atoms with Gasteiger partial charge in [-0.3, -0.25) is 0 Å². The van der Waals surface area contributed by atoms with Crippen LogP contribution in [0, 0.1) is 46.0 Å². The maximum absolute atomic E-state index is 7.50. The molecule has 0 fully saturated rings. The van der Waals surface area contributed by atoms with Crippen molar-refractivity contribution in [1.82, 2.24) is 0 Å². The van der Waals surface area contributed by atoms with Crippen molar-refractivity contribution in [3.8, 4) is 0 Å². The van der Waals surface area contributed by atoms with E-state index in [9.17, 15) is 0 Å². The van der Waals surface area contributed by atoms with E-state index in [0.29, 0.717) is 0 Å². The molecule has 0 atom stereocenters. The molecule has 0 saturated carbocycles. The molecule has 0 saturated heterocycles. The van der Waals surface area contributed by atoms with Crippen LogP contribution >= 0.6 is 8.58 Å². The molecule has 3 rings (SSSR count). The number of hydrogen-bond donors (Lipinski definition) is 0. The van der Waals surface area contributed by atoms with Crippen molar-refractivity contribution in [3.05, 3.63) is 155 Å². The minimum Gasteiger partial charge on any atom is -0.0622 e. The smallest absolute Gasteiger partial charge is 0 e. The Bertz CT molecular complexity index is 894. The Labute approximate surface area is 235 Å². The molecular formula is C27H18Fe2O6P-. The van der Waals surface area contributed by atoms with Crippen molar-refractivity contribution in [2.75, 3.05) is 0 Å². The van der Waals surface area contributed by atoms with Gasteiger partial charge in [0.15, 0.2) is 0 Å². The standard InChI is InChI=1S/C12H11P.C9H7.6CO.2Fe/c1-3-7-11(8-4-1)13-12-9-5-2-6-10-12;1-2-6-9-7-4-3-5-8-9;6*1-2;;/h1-10,13H;3-5,7-8H,1H2;;;;;;;;/q;-1;;;;;;;;. The van der Waals surface area contributed by atoms with Gasteiger partial charge in [-0.1, -0.05) is 81.4 Å². The summed E-state index contributed by atoms with van der Waals surface area (Å²) in [4.78, 5) is 0. The second-order valence-electron chi connectivity index (χ2n) is 4.52. The van der Waals surface area contributed by atoms with Gasteiger partial charge in [0.25, 0.3) is 0 Å². The third kappa shape index (κ3) is 35.7. The zero-order chi connectivity index (χ0) is 27.5. The van der Waals surface area contributed by atoms with E-state index in [4.69, 9.17) is 27.9 Å². The van der Waals surface area contributed by atoms with Crippen LogP contribution in [0.4, 0.5) is 0 Å². The summed E-state index contributed by atoms with van der Waals surface area (Å²) in [5.74, 6) is 0. The fourth-order valence-corrected chi connectivity index (χ4v) is 2.88. The maximum Gasteiger partial charge on any atom is 0 e. The third-order valence-corrected chi connectivity index (χ3v) is 4.09. The summed E-state index contributed by atoms with van der Waals surface area (Å²) in [7, 11) is 0.777. The van der Waals surface area contributed by atoms with Gasteiger partial charge >= 0.3 is 67.8 Å². The van der Waals surface area contributed by atoms with Crippen molar-refractivity contribution < 1.29 is 62.1 Å². The first-order valence-corrected chi connectivity index (χ1v) is 9.31. The van der Waals surface area contributed by atoms with Crippen LogP contribution in [-0.4, -0.2) is 0 Å². The summed E-state index contributed by atoms with van der Waals surface area (Å²) < 4.78 is 45.0. The molecule has 36 heavy (non-hydrogen) atoms. The van der Waals surface area contributed by atoms with E-state index < -0.39 is 0 Å². The van der Waals surface area contributed by atoms with Crippen LogP contribution in [-0.2, 0) is 62.1 Å². The molecule has 0 aliphatic heterocycles. The van der Waals surface area contributed by atoms with Crippen LogP contribution in [0.15, 0.2) is 103 Å². The predicted molar refractivity (Wildman–Crippen MR) is 122 cm³/mol. The van der Waals surface area contributed by atoms with Gasteiger partial charge in [-0.05, 0) is 10.6 Å². The summed E-state index contributed by atoms with van der Waals surface area (Å²) in [5.41, 5.74) is 3.60. The molecule has 0 bridgehead atoms. The molecule has 3 aromatic carbocycles. The molecule has 0 heterocycles. The van der Waals surface area contributed by atoms with Gasteiger partial charge in [0, 0.05) is 34.1 Å². The first-order valence-electron chi connectivity index (χ1n) is 8.31. The maximum atomic E-state index is 7.50. The molecule has 3 aromatic rings. The molecule has 0 spiro atoms. The molecule has 0 N–H and O–H groups in total. The molecule has 0 aliphatic carbocycles. The summed E-state index contributed by atoms with van der Waals surface area (Å²) in [6, 6.07) is 30.9. The molecule has 9 heteroatoms. The minimum atomic E-state index is 0. The van der Waals surface area contributed by atoms with Crippen molar-refractivity contribution in [1.29, 1.82) is 0 Å². The van der Waals surface area contributed by atoms with E-state index in [1.54, 1.807) is 0 Å². The largest absolute Gasteiger partial charge is 0.0622 e.